The number of hydrogen-bond donors (Lipinski definition) is 1. The van der Waals surface area contributed by atoms with Crippen LogP contribution in [-0.2, 0) is 13.5 Å². The molecule has 2 rings (SSSR count). The molecule has 0 aliphatic carbocycles. The van der Waals surface area contributed by atoms with Crippen LogP contribution in [0.25, 0.3) is 0 Å². The van der Waals surface area contributed by atoms with Gasteiger partial charge in [0.05, 0.1) is 13.2 Å². The molecule has 2 aromatic rings. The molecular formula is C10H13N5O. The Morgan fingerprint density at radius 1 is 1.50 bits per heavy atom. The second-order valence-corrected chi connectivity index (χ2v) is 3.65. The number of hydrogen-bond acceptors (Lipinski definition) is 5. The van der Waals surface area contributed by atoms with Crippen molar-refractivity contribution in [3.63, 3.8) is 0 Å². The second-order valence-electron chi connectivity index (χ2n) is 3.65. The summed E-state index contributed by atoms with van der Waals surface area (Å²) in [4.78, 5) is 5.45. The lowest BCUT2D eigenvalue weighted by molar-refractivity contribution is 0.175. The quantitative estimate of drug-likeness (QED) is 0.797. The molecule has 1 N–H and O–H groups in total. The summed E-state index contributed by atoms with van der Waals surface area (Å²) >= 11 is 0. The standard InChI is InChI=1S/C10H13N5O/c1-7-5-8(3-4-11-7)9(16)6-10-12-14-15(2)13-10/h3-5,9,16H,6H2,1-2H3. The van der Waals surface area contributed by atoms with Crippen LogP contribution in [0, 0.1) is 6.92 Å². The average molecular weight is 219 g/mol. The third-order valence-corrected chi connectivity index (χ3v) is 2.23. The number of aliphatic hydroxyl groups excluding tert-OH is 1. The topological polar surface area (TPSA) is 76.7 Å². The minimum atomic E-state index is -0.620. The number of aliphatic hydroxyl groups is 1. The Bertz CT molecular complexity index is 482. The Kier molecular flexibility index (Phi) is 2.91. The summed E-state index contributed by atoms with van der Waals surface area (Å²) in [6.07, 6.45) is 1.42. The molecule has 2 heterocycles. The number of aromatic nitrogens is 5. The third-order valence-electron chi connectivity index (χ3n) is 2.23. The van der Waals surface area contributed by atoms with Crippen LogP contribution >= 0.6 is 0 Å². The third kappa shape index (κ3) is 2.40. The van der Waals surface area contributed by atoms with Gasteiger partial charge < -0.3 is 5.11 Å². The molecule has 0 aromatic carbocycles. The molecule has 0 amide bonds. The predicted octanol–water partition coefficient (Wildman–Crippen LogP) is 0.190. The van der Waals surface area contributed by atoms with E-state index in [-0.39, 0.29) is 0 Å². The number of rotatable bonds is 3. The van der Waals surface area contributed by atoms with Crippen LogP contribution in [0.3, 0.4) is 0 Å². The molecule has 0 saturated heterocycles. The molecule has 16 heavy (non-hydrogen) atoms. The maximum Gasteiger partial charge on any atom is 0.177 e. The van der Waals surface area contributed by atoms with E-state index in [0.29, 0.717) is 12.2 Å². The Hall–Kier alpha value is -1.82. The van der Waals surface area contributed by atoms with E-state index in [0.717, 1.165) is 11.3 Å². The number of aryl methyl sites for hydroxylation is 2. The van der Waals surface area contributed by atoms with E-state index in [9.17, 15) is 5.11 Å². The summed E-state index contributed by atoms with van der Waals surface area (Å²) in [5.74, 6) is 0.532. The van der Waals surface area contributed by atoms with Crippen molar-refractivity contribution in [2.24, 2.45) is 7.05 Å². The minimum absolute atomic E-state index is 0.358. The van der Waals surface area contributed by atoms with Gasteiger partial charge >= 0.3 is 0 Å². The fraction of sp³-hybridized carbons (Fsp3) is 0.400. The van der Waals surface area contributed by atoms with Gasteiger partial charge in [0, 0.05) is 18.3 Å². The molecule has 1 unspecified atom stereocenters. The molecule has 0 fully saturated rings. The van der Waals surface area contributed by atoms with Crippen LogP contribution in [0.15, 0.2) is 18.3 Å². The van der Waals surface area contributed by atoms with Crippen LogP contribution in [0.1, 0.15) is 23.2 Å². The largest absolute Gasteiger partial charge is 0.388 e. The molecule has 84 valence electrons. The van der Waals surface area contributed by atoms with Crippen molar-refractivity contribution in [3.8, 4) is 0 Å². The smallest absolute Gasteiger partial charge is 0.177 e. The monoisotopic (exact) mass is 219 g/mol. The molecule has 0 saturated carbocycles. The van der Waals surface area contributed by atoms with Gasteiger partial charge in [0.2, 0.25) is 0 Å². The lowest BCUT2D eigenvalue weighted by atomic mass is 10.1. The first-order chi connectivity index (χ1) is 7.65. The SMILES string of the molecule is Cc1cc(C(O)Cc2nnn(C)n2)ccn1. The lowest BCUT2D eigenvalue weighted by Gasteiger charge is -2.08. The highest BCUT2D eigenvalue weighted by Gasteiger charge is 2.12. The van der Waals surface area contributed by atoms with Crippen LogP contribution in [-0.4, -0.2) is 30.3 Å². The summed E-state index contributed by atoms with van der Waals surface area (Å²) in [6, 6.07) is 3.63. The van der Waals surface area contributed by atoms with Gasteiger partial charge in [-0.05, 0) is 29.8 Å². The molecule has 0 spiro atoms. The number of nitrogens with zero attached hydrogens (tertiary/aromatic N) is 5. The van der Waals surface area contributed by atoms with E-state index >= 15 is 0 Å². The first kappa shape index (κ1) is 10.7. The summed E-state index contributed by atoms with van der Waals surface area (Å²) in [7, 11) is 1.69. The molecule has 2 aromatic heterocycles. The minimum Gasteiger partial charge on any atom is -0.388 e. The molecule has 6 heteroatoms. The van der Waals surface area contributed by atoms with E-state index in [1.54, 1.807) is 19.3 Å². The van der Waals surface area contributed by atoms with Crippen molar-refractivity contribution in [2.45, 2.75) is 19.4 Å². The van der Waals surface area contributed by atoms with Gasteiger partial charge in [0.1, 0.15) is 0 Å². The molecule has 0 aliphatic heterocycles. The van der Waals surface area contributed by atoms with E-state index in [4.69, 9.17) is 0 Å². The van der Waals surface area contributed by atoms with Gasteiger partial charge in [0.25, 0.3) is 0 Å². The van der Waals surface area contributed by atoms with E-state index in [1.165, 1.54) is 4.80 Å². The van der Waals surface area contributed by atoms with Gasteiger partial charge in [-0.1, -0.05) is 0 Å². The van der Waals surface area contributed by atoms with Crippen molar-refractivity contribution in [1.82, 2.24) is 25.2 Å². The molecule has 0 radical (unpaired) electrons. The van der Waals surface area contributed by atoms with Gasteiger partial charge in [-0.25, -0.2) is 0 Å². The fourth-order valence-corrected chi connectivity index (χ4v) is 1.47. The van der Waals surface area contributed by atoms with Gasteiger partial charge in [0.15, 0.2) is 5.82 Å². The average Bonchev–Trinajstić information content (AvgIpc) is 2.64. The maximum atomic E-state index is 9.96. The Balaban J connectivity index is 2.11. The van der Waals surface area contributed by atoms with Gasteiger partial charge in [-0.2, -0.15) is 4.80 Å². The van der Waals surface area contributed by atoms with Crippen molar-refractivity contribution in [3.05, 3.63) is 35.4 Å². The van der Waals surface area contributed by atoms with Crippen molar-refractivity contribution >= 4 is 0 Å². The lowest BCUT2D eigenvalue weighted by Crippen LogP contribution is -2.04. The maximum absolute atomic E-state index is 9.96. The molecular weight excluding hydrogens is 206 g/mol. The fourth-order valence-electron chi connectivity index (χ4n) is 1.47. The highest BCUT2D eigenvalue weighted by atomic mass is 16.3. The van der Waals surface area contributed by atoms with E-state index < -0.39 is 6.10 Å². The zero-order valence-electron chi connectivity index (χ0n) is 9.20. The van der Waals surface area contributed by atoms with Gasteiger partial charge in [-0.3, -0.25) is 4.98 Å². The zero-order chi connectivity index (χ0) is 11.5. The van der Waals surface area contributed by atoms with Gasteiger partial charge in [-0.15, -0.1) is 10.2 Å². The summed E-state index contributed by atoms with van der Waals surface area (Å²) in [5, 5.41) is 21.5. The number of pyridine rings is 1. The van der Waals surface area contributed by atoms with Crippen LogP contribution < -0.4 is 0 Å². The van der Waals surface area contributed by atoms with Crippen LogP contribution in [0.5, 0.6) is 0 Å². The van der Waals surface area contributed by atoms with E-state index in [2.05, 4.69) is 20.4 Å². The normalized spacial score (nSPS) is 12.7. The molecule has 1 atom stereocenters. The van der Waals surface area contributed by atoms with Crippen LogP contribution in [0.4, 0.5) is 0 Å². The summed E-state index contributed by atoms with van der Waals surface area (Å²) in [5.41, 5.74) is 1.70. The predicted molar refractivity (Wildman–Crippen MR) is 56.4 cm³/mol. The van der Waals surface area contributed by atoms with Crippen molar-refractivity contribution in [1.29, 1.82) is 0 Å². The molecule has 0 bridgehead atoms. The van der Waals surface area contributed by atoms with Crippen molar-refractivity contribution < 1.29 is 5.11 Å². The summed E-state index contributed by atoms with van der Waals surface area (Å²) in [6.45, 7) is 1.89. The van der Waals surface area contributed by atoms with Crippen molar-refractivity contribution in [2.75, 3.05) is 0 Å². The Morgan fingerprint density at radius 3 is 2.94 bits per heavy atom. The summed E-state index contributed by atoms with van der Waals surface area (Å²) < 4.78 is 0. The zero-order valence-corrected chi connectivity index (χ0v) is 9.20. The first-order valence-electron chi connectivity index (χ1n) is 4.98. The Labute approximate surface area is 92.9 Å². The van der Waals surface area contributed by atoms with Crippen LogP contribution in [0.2, 0.25) is 0 Å². The highest BCUT2D eigenvalue weighted by Crippen LogP contribution is 2.15. The molecule has 6 nitrogen and oxygen atoms in total. The number of tetrazole rings is 1. The molecule has 0 aliphatic rings. The van der Waals surface area contributed by atoms with E-state index in [1.807, 2.05) is 13.0 Å². The highest BCUT2D eigenvalue weighted by molar-refractivity contribution is 5.18. The first-order valence-corrected chi connectivity index (χ1v) is 4.98. The second kappa shape index (κ2) is 4.36. The Morgan fingerprint density at radius 2 is 2.31 bits per heavy atom.